The first-order valence-corrected chi connectivity index (χ1v) is 6.05. The smallest absolute Gasteiger partial charge is 0.273 e. The third-order valence-electron chi connectivity index (χ3n) is 2.69. The molecule has 0 bridgehead atoms. The lowest BCUT2D eigenvalue weighted by Gasteiger charge is -2.16. The number of methoxy groups -OCH3 is 1. The zero-order valence-corrected chi connectivity index (χ0v) is 11.7. The molecule has 8 heteroatoms. The average molecular weight is 293 g/mol. The van der Waals surface area contributed by atoms with Crippen LogP contribution in [0.3, 0.4) is 0 Å². The highest BCUT2D eigenvalue weighted by Crippen LogP contribution is 2.31. The summed E-state index contributed by atoms with van der Waals surface area (Å²) in [7, 11) is 2.95. The van der Waals surface area contributed by atoms with Crippen molar-refractivity contribution in [3.63, 3.8) is 0 Å². The predicted molar refractivity (Wildman–Crippen MR) is 73.0 cm³/mol. The summed E-state index contributed by atoms with van der Waals surface area (Å²) < 4.78 is 10.3. The van der Waals surface area contributed by atoms with E-state index in [4.69, 9.17) is 14.7 Å². The van der Waals surface area contributed by atoms with Gasteiger partial charge in [-0.3, -0.25) is 14.9 Å². The van der Waals surface area contributed by atoms with Crippen molar-refractivity contribution in [1.29, 1.82) is 5.26 Å². The number of nitriles is 1. The van der Waals surface area contributed by atoms with Crippen LogP contribution in [0.15, 0.2) is 18.2 Å². The van der Waals surface area contributed by atoms with Crippen molar-refractivity contribution in [1.82, 2.24) is 4.90 Å². The van der Waals surface area contributed by atoms with E-state index < -0.39 is 4.92 Å². The van der Waals surface area contributed by atoms with E-state index in [1.165, 1.54) is 30.2 Å². The summed E-state index contributed by atoms with van der Waals surface area (Å²) >= 11 is 0. The molecular weight excluding hydrogens is 278 g/mol. The monoisotopic (exact) mass is 293 g/mol. The molecule has 0 spiro atoms. The molecule has 0 aromatic heterocycles. The minimum Gasteiger partial charge on any atom is -0.493 e. The van der Waals surface area contributed by atoms with Gasteiger partial charge in [0.15, 0.2) is 18.1 Å². The van der Waals surface area contributed by atoms with E-state index in [9.17, 15) is 14.9 Å². The van der Waals surface area contributed by atoms with Crippen molar-refractivity contribution in [3.05, 3.63) is 28.3 Å². The van der Waals surface area contributed by atoms with Crippen LogP contribution in [0.25, 0.3) is 0 Å². The summed E-state index contributed by atoms with van der Waals surface area (Å²) in [5.74, 6) is 0.0839. The molecule has 1 amide bonds. The second-order valence-corrected chi connectivity index (χ2v) is 4.10. The van der Waals surface area contributed by atoms with E-state index >= 15 is 0 Å². The zero-order chi connectivity index (χ0) is 15.8. The lowest BCUT2D eigenvalue weighted by molar-refractivity contribution is -0.385. The van der Waals surface area contributed by atoms with E-state index in [0.29, 0.717) is 12.3 Å². The molecule has 0 radical (unpaired) electrons. The Morgan fingerprint density at radius 1 is 1.48 bits per heavy atom. The Balaban J connectivity index is 2.73. The van der Waals surface area contributed by atoms with Crippen LogP contribution in [-0.2, 0) is 4.79 Å². The van der Waals surface area contributed by atoms with E-state index in [-0.39, 0.29) is 30.4 Å². The van der Waals surface area contributed by atoms with Crippen molar-refractivity contribution in [2.75, 3.05) is 27.3 Å². The van der Waals surface area contributed by atoms with E-state index in [0.717, 1.165) is 0 Å². The van der Waals surface area contributed by atoms with Gasteiger partial charge in [-0.25, -0.2) is 0 Å². The Labute approximate surface area is 121 Å². The summed E-state index contributed by atoms with van der Waals surface area (Å²) in [6.07, 6.45) is 0.225. The molecule has 0 N–H and O–H groups in total. The number of carbonyl (C=O) groups is 1. The molecule has 0 atom stereocenters. The van der Waals surface area contributed by atoms with Crippen LogP contribution in [0.2, 0.25) is 0 Å². The molecule has 0 saturated heterocycles. The molecule has 8 nitrogen and oxygen atoms in total. The van der Waals surface area contributed by atoms with Crippen LogP contribution in [-0.4, -0.2) is 43.0 Å². The van der Waals surface area contributed by atoms with Crippen LogP contribution in [0.1, 0.15) is 6.42 Å². The molecule has 0 fully saturated rings. The van der Waals surface area contributed by atoms with Gasteiger partial charge in [-0.15, -0.1) is 0 Å². The maximum Gasteiger partial charge on any atom is 0.273 e. The van der Waals surface area contributed by atoms with Crippen LogP contribution in [0.5, 0.6) is 11.5 Å². The molecular formula is C13H15N3O5. The molecule has 0 unspecified atom stereocenters. The van der Waals surface area contributed by atoms with Gasteiger partial charge >= 0.3 is 0 Å². The topological polar surface area (TPSA) is 106 Å². The number of non-ortho nitro benzene ring substituents is 1. The number of ether oxygens (including phenoxy) is 2. The number of nitro benzene ring substituents is 1. The van der Waals surface area contributed by atoms with Gasteiger partial charge in [-0.05, 0) is 6.07 Å². The number of carbonyl (C=O) groups excluding carboxylic acids is 1. The highest BCUT2D eigenvalue weighted by Gasteiger charge is 2.15. The fourth-order valence-electron chi connectivity index (χ4n) is 1.48. The fraction of sp³-hybridized carbons (Fsp3) is 0.385. The van der Waals surface area contributed by atoms with Crippen LogP contribution < -0.4 is 9.47 Å². The quantitative estimate of drug-likeness (QED) is 0.555. The summed E-state index contributed by atoms with van der Waals surface area (Å²) in [5, 5.41) is 19.2. The Kier molecular flexibility index (Phi) is 5.95. The van der Waals surface area contributed by atoms with E-state index in [2.05, 4.69) is 0 Å². The van der Waals surface area contributed by atoms with Crippen LogP contribution >= 0.6 is 0 Å². The Morgan fingerprint density at radius 2 is 2.19 bits per heavy atom. The van der Waals surface area contributed by atoms with Crippen molar-refractivity contribution in [2.45, 2.75) is 6.42 Å². The van der Waals surface area contributed by atoms with Gasteiger partial charge in [0.05, 0.1) is 30.6 Å². The Hall–Kier alpha value is -2.82. The Morgan fingerprint density at radius 3 is 2.76 bits per heavy atom. The number of benzene rings is 1. The summed E-state index contributed by atoms with van der Waals surface area (Å²) in [6, 6.07) is 5.82. The Bertz CT molecular complexity index is 567. The molecule has 0 saturated carbocycles. The second kappa shape index (κ2) is 7.69. The van der Waals surface area contributed by atoms with Crippen LogP contribution in [0.4, 0.5) is 5.69 Å². The van der Waals surface area contributed by atoms with Gasteiger partial charge in [0.1, 0.15) is 0 Å². The summed E-state index contributed by atoms with van der Waals surface area (Å²) in [6.45, 7) is 0.00419. The first-order chi connectivity index (χ1) is 9.99. The second-order valence-electron chi connectivity index (χ2n) is 4.10. The third kappa shape index (κ3) is 4.65. The molecule has 1 aromatic carbocycles. The SMILES string of the molecule is COc1ccc([N+](=O)[O-])cc1OCC(=O)N(C)CCC#N. The highest BCUT2D eigenvalue weighted by atomic mass is 16.6. The minimum atomic E-state index is -0.562. The number of amides is 1. The van der Waals surface area contributed by atoms with Crippen molar-refractivity contribution in [2.24, 2.45) is 0 Å². The maximum atomic E-state index is 11.8. The molecule has 0 heterocycles. The fourth-order valence-corrected chi connectivity index (χ4v) is 1.48. The zero-order valence-electron chi connectivity index (χ0n) is 11.7. The molecule has 1 rings (SSSR count). The van der Waals surface area contributed by atoms with Gasteiger partial charge < -0.3 is 14.4 Å². The molecule has 21 heavy (non-hydrogen) atoms. The maximum absolute atomic E-state index is 11.8. The molecule has 0 aliphatic carbocycles. The molecule has 0 aliphatic rings. The molecule has 1 aromatic rings. The summed E-state index contributed by atoms with van der Waals surface area (Å²) in [5.41, 5.74) is -0.156. The van der Waals surface area contributed by atoms with Crippen molar-refractivity contribution >= 4 is 11.6 Å². The number of likely N-dealkylation sites (N-methyl/N-ethyl adjacent to an activating group) is 1. The van der Waals surface area contributed by atoms with Gasteiger partial charge in [0, 0.05) is 19.7 Å². The third-order valence-corrected chi connectivity index (χ3v) is 2.69. The van der Waals surface area contributed by atoms with Crippen molar-refractivity contribution in [3.8, 4) is 17.6 Å². The summed E-state index contributed by atoms with van der Waals surface area (Å²) in [4.78, 5) is 23.3. The van der Waals surface area contributed by atoms with Gasteiger partial charge in [-0.1, -0.05) is 0 Å². The number of nitro groups is 1. The van der Waals surface area contributed by atoms with E-state index in [1.54, 1.807) is 7.05 Å². The molecule has 112 valence electrons. The first kappa shape index (κ1) is 16.2. The van der Waals surface area contributed by atoms with Crippen LogP contribution in [0, 0.1) is 21.4 Å². The first-order valence-electron chi connectivity index (χ1n) is 6.05. The minimum absolute atomic E-state index is 0.119. The number of nitrogens with zero attached hydrogens (tertiary/aromatic N) is 3. The predicted octanol–water partition coefficient (Wildman–Crippen LogP) is 1.35. The van der Waals surface area contributed by atoms with E-state index in [1.807, 2.05) is 6.07 Å². The normalized spacial score (nSPS) is 9.57. The van der Waals surface area contributed by atoms with Gasteiger partial charge in [0.2, 0.25) is 0 Å². The lowest BCUT2D eigenvalue weighted by Crippen LogP contribution is -2.32. The largest absolute Gasteiger partial charge is 0.493 e. The van der Waals surface area contributed by atoms with Crippen molar-refractivity contribution < 1.29 is 19.2 Å². The number of hydrogen-bond donors (Lipinski definition) is 0. The average Bonchev–Trinajstić information content (AvgIpc) is 2.49. The standard InChI is InChI=1S/C13H15N3O5/c1-15(7-3-6-14)13(17)9-21-12-8-10(16(18)19)4-5-11(12)20-2/h4-5,8H,3,7,9H2,1-2H3. The van der Waals surface area contributed by atoms with Gasteiger partial charge in [0.25, 0.3) is 11.6 Å². The molecule has 0 aliphatic heterocycles. The lowest BCUT2D eigenvalue weighted by atomic mass is 10.3. The number of hydrogen-bond acceptors (Lipinski definition) is 6. The number of rotatable bonds is 7. The van der Waals surface area contributed by atoms with Gasteiger partial charge in [-0.2, -0.15) is 5.26 Å². The highest BCUT2D eigenvalue weighted by molar-refractivity contribution is 5.77.